The van der Waals surface area contributed by atoms with E-state index < -0.39 is 12.1 Å². The van der Waals surface area contributed by atoms with E-state index in [4.69, 9.17) is 5.11 Å². The maximum Gasteiger partial charge on any atom is 0.214 e. The molecule has 1 heterocycles. The van der Waals surface area contributed by atoms with Gasteiger partial charge >= 0.3 is 0 Å². The first-order valence-corrected chi connectivity index (χ1v) is 4.10. The number of likely N-dealkylation sites (N-methyl/N-ethyl adjacent to an activating group) is 1. The fraction of sp³-hybridized carbons (Fsp3) is 0.444. The van der Waals surface area contributed by atoms with Gasteiger partial charge in [0, 0.05) is 31.5 Å². The Morgan fingerprint density at radius 3 is 2.92 bits per heavy atom. The van der Waals surface area contributed by atoms with Crippen LogP contribution in [-0.4, -0.2) is 29.8 Å². The van der Waals surface area contributed by atoms with Gasteiger partial charge in [-0.3, -0.25) is 0 Å². The van der Waals surface area contributed by atoms with Gasteiger partial charge in [-0.2, -0.15) is 4.39 Å². The monoisotopic (exact) mass is 184 g/mol. The van der Waals surface area contributed by atoms with Crippen molar-refractivity contribution in [3.63, 3.8) is 0 Å². The molecule has 1 aromatic rings. The van der Waals surface area contributed by atoms with Gasteiger partial charge in [0.15, 0.2) is 0 Å². The van der Waals surface area contributed by atoms with E-state index in [0.717, 1.165) is 0 Å². The number of hydrogen-bond acceptors (Lipinski definition) is 3. The molecule has 0 fully saturated rings. The Balaban J connectivity index is 2.71. The van der Waals surface area contributed by atoms with Crippen LogP contribution in [0, 0.1) is 5.95 Å². The number of aromatic nitrogens is 1. The molecule has 13 heavy (non-hydrogen) atoms. The summed E-state index contributed by atoms with van der Waals surface area (Å²) in [5.41, 5.74) is 0.716. The maximum absolute atomic E-state index is 12.7. The molecule has 1 aromatic heterocycles. The van der Waals surface area contributed by atoms with Crippen LogP contribution in [0.4, 0.5) is 10.1 Å². The molecule has 4 heteroatoms. The average molecular weight is 184 g/mol. The zero-order chi connectivity index (χ0) is 9.84. The molecular formula is C9H13FN2O. The molecule has 1 atom stereocenters. The molecule has 0 saturated carbocycles. The molecular weight excluding hydrogens is 171 g/mol. The third kappa shape index (κ3) is 2.99. The van der Waals surface area contributed by atoms with Gasteiger partial charge < -0.3 is 10.0 Å². The van der Waals surface area contributed by atoms with E-state index in [1.54, 1.807) is 24.9 Å². The Labute approximate surface area is 76.8 Å². The van der Waals surface area contributed by atoms with Gasteiger partial charge in [0.2, 0.25) is 5.95 Å². The van der Waals surface area contributed by atoms with Crippen molar-refractivity contribution < 1.29 is 9.50 Å². The third-order valence-electron chi connectivity index (χ3n) is 1.69. The minimum atomic E-state index is -0.505. The molecule has 0 aliphatic carbocycles. The van der Waals surface area contributed by atoms with Crippen molar-refractivity contribution in [1.29, 1.82) is 0 Å². The summed E-state index contributed by atoms with van der Waals surface area (Å²) in [6.45, 7) is 2.16. The normalized spacial score (nSPS) is 12.6. The summed E-state index contributed by atoms with van der Waals surface area (Å²) in [6, 6.07) is 3.04. The number of hydrogen-bond donors (Lipinski definition) is 1. The number of pyridine rings is 1. The van der Waals surface area contributed by atoms with Crippen LogP contribution in [0.15, 0.2) is 18.3 Å². The number of rotatable bonds is 3. The first-order chi connectivity index (χ1) is 6.09. The molecule has 0 amide bonds. The Morgan fingerprint density at radius 2 is 2.38 bits per heavy atom. The van der Waals surface area contributed by atoms with Crippen LogP contribution in [0.25, 0.3) is 0 Å². The summed E-state index contributed by atoms with van der Waals surface area (Å²) in [6.07, 6.45) is 0.977. The molecule has 0 aliphatic heterocycles. The number of halogens is 1. The maximum atomic E-state index is 12.7. The summed E-state index contributed by atoms with van der Waals surface area (Å²) in [7, 11) is 1.79. The summed E-state index contributed by atoms with van der Waals surface area (Å²) < 4.78 is 12.7. The van der Waals surface area contributed by atoms with Crippen LogP contribution in [0.2, 0.25) is 0 Å². The minimum absolute atomic E-state index is 0.429. The molecule has 0 bridgehead atoms. The highest BCUT2D eigenvalue weighted by Gasteiger charge is 2.04. The van der Waals surface area contributed by atoms with E-state index >= 15 is 0 Å². The van der Waals surface area contributed by atoms with Crippen LogP contribution in [0.3, 0.4) is 0 Å². The minimum Gasteiger partial charge on any atom is -0.392 e. The van der Waals surface area contributed by atoms with Crippen molar-refractivity contribution >= 4 is 5.69 Å². The lowest BCUT2D eigenvalue weighted by atomic mass is 10.3. The lowest BCUT2D eigenvalue weighted by Gasteiger charge is -2.20. The quantitative estimate of drug-likeness (QED) is 0.713. The molecule has 0 saturated heterocycles. The predicted octanol–water partition coefficient (Wildman–Crippen LogP) is 1.04. The number of nitrogens with zero attached hydrogens (tertiary/aromatic N) is 2. The molecule has 72 valence electrons. The van der Waals surface area contributed by atoms with Gasteiger partial charge in [0.1, 0.15) is 0 Å². The van der Waals surface area contributed by atoms with Gasteiger partial charge in [0.05, 0.1) is 6.10 Å². The fourth-order valence-corrected chi connectivity index (χ4v) is 1.13. The Bertz CT molecular complexity index is 278. The third-order valence-corrected chi connectivity index (χ3v) is 1.69. The Kier molecular flexibility index (Phi) is 3.19. The summed E-state index contributed by atoms with van der Waals surface area (Å²) >= 11 is 0. The van der Waals surface area contributed by atoms with Crippen molar-refractivity contribution in [1.82, 2.24) is 4.98 Å². The second-order valence-corrected chi connectivity index (χ2v) is 3.07. The summed E-state index contributed by atoms with van der Waals surface area (Å²) in [5, 5.41) is 9.10. The van der Waals surface area contributed by atoms with E-state index in [1.807, 2.05) is 0 Å². The molecule has 1 rings (SSSR count). The van der Waals surface area contributed by atoms with E-state index in [9.17, 15) is 4.39 Å². The standard InChI is InChI=1S/C9H13FN2O/c1-7(13)6-12(2)8-3-4-11-9(10)5-8/h3-5,7,13H,6H2,1-2H3. The first-order valence-electron chi connectivity index (χ1n) is 4.10. The van der Waals surface area contributed by atoms with Crippen LogP contribution >= 0.6 is 0 Å². The first kappa shape index (κ1) is 9.92. The van der Waals surface area contributed by atoms with Crippen LogP contribution < -0.4 is 4.90 Å². The summed E-state index contributed by atoms with van der Waals surface area (Å²) in [4.78, 5) is 5.22. The average Bonchev–Trinajstić information content (AvgIpc) is 2.03. The number of aliphatic hydroxyl groups is 1. The molecule has 1 unspecified atom stereocenters. The van der Waals surface area contributed by atoms with Crippen molar-refractivity contribution in [2.24, 2.45) is 0 Å². The topological polar surface area (TPSA) is 36.4 Å². The fourth-order valence-electron chi connectivity index (χ4n) is 1.13. The molecule has 0 radical (unpaired) electrons. The predicted molar refractivity (Wildman–Crippen MR) is 49.1 cm³/mol. The van der Waals surface area contributed by atoms with E-state index in [2.05, 4.69) is 4.98 Å². The molecule has 1 N–H and O–H groups in total. The van der Waals surface area contributed by atoms with Crippen molar-refractivity contribution in [3.8, 4) is 0 Å². The van der Waals surface area contributed by atoms with Gasteiger partial charge in [-0.1, -0.05) is 0 Å². The lowest BCUT2D eigenvalue weighted by molar-refractivity contribution is 0.201. The van der Waals surface area contributed by atoms with Crippen molar-refractivity contribution in [2.75, 3.05) is 18.5 Å². The van der Waals surface area contributed by atoms with Crippen molar-refractivity contribution in [3.05, 3.63) is 24.3 Å². The smallest absolute Gasteiger partial charge is 0.214 e. The second kappa shape index (κ2) is 4.18. The molecule has 0 aliphatic rings. The zero-order valence-electron chi connectivity index (χ0n) is 7.74. The van der Waals surface area contributed by atoms with E-state index in [-0.39, 0.29) is 0 Å². The van der Waals surface area contributed by atoms with Gasteiger partial charge in [-0.25, -0.2) is 4.98 Å². The zero-order valence-corrected chi connectivity index (χ0v) is 7.74. The van der Waals surface area contributed by atoms with Crippen LogP contribution in [0.1, 0.15) is 6.92 Å². The Hall–Kier alpha value is -1.16. The molecule has 0 spiro atoms. The lowest BCUT2D eigenvalue weighted by Crippen LogP contribution is -2.26. The Morgan fingerprint density at radius 1 is 1.69 bits per heavy atom. The highest BCUT2D eigenvalue weighted by molar-refractivity contribution is 5.43. The van der Waals surface area contributed by atoms with Gasteiger partial charge in [0.25, 0.3) is 0 Å². The van der Waals surface area contributed by atoms with Crippen molar-refractivity contribution in [2.45, 2.75) is 13.0 Å². The van der Waals surface area contributed by atoms with Crippen LogP contribution in [0.5, 0.6) is 0 Å². The SMILES string of the molecule is CC(O)CN(C)c1ccnc(F)c1. The summed E-state index contributed by atoms with van der Waals surface area (Å²) in [5.74, 6) is -0.505. The molecule has 0 aromatic carbocycles. The van der Waals surface area contributed by atoms with Gasteiger partial charge in [-0.15, -0.1) is 0 Å². The largest absolute Gasteiger partial charge is 0.392 e. The van der Waals surface area contributed by atoms with Crippen LogP contribution in [-0.2, 0) is 0 Å². The number of anilines is 1. The van der Waals surface area contributed by atoms with Gasteiger partial charge in [-0.05, 0) is 13.0 Å². The van der Waals surface area contributed by atoms with E-state index in [0.29, 0.717) is 12.2 Å². The second-order valence-electron chi connectivity index (χ2n) is 3.07. The van der Waals surface area contributed by atoms with E-state index in [1.165, 1.54) is 12.3 Å². The number of aliphatic hydroxyl groups excluding tert-OH is 1. The highest BCUT2D eigenvalue weighted by Crippen LogP contribution is 2.11. The highest BCUT2D eigenvalue weighted by atomic mass is 19.1. The molecule has 3 nitrogen and oxygen atoms in total.